The van der Waals surface area contributed by atoms with Crippen LogP contribution in [0, 0.1) is 11.8 Å². The van der Waals surface area contributed by atoms with Crippen molar-refractivity contribution in [1.29, 1.82) is 0 Å². The van der Waals surface area contributed by atoms with Crippen LogP contribution in [0.5, 0.6) is 0 Å². The van der Waals surface area contributed by atoms with E-state index in [4.69, 9.17) is 5.73 Å². The van der Waals surface area contributed by atoms with Gasteiger partial charge in [-0.2, -0.15) is 0 Å². The number of allylic oxidation sites excluding steroid dienone is 4. The van der Waals surface area contributed by atoms with Crippen LogP contribution in [0.3, 0.4) is 0 Å². The predicted octanol–water partition coefficient (Wildman–Crippen LogP) is 14.2. The Balaban J connectivity index is 4.15. The molecule has 3 N–H and O–H groups in total. The van der Waals surface area contributed by atoms with Gasteiger partial charge in [-0.3, -0.25) is 0 Å². The van der Waals surface area contributed by atoms with Gasteiger partial charge in [-0.1, -0.05) is 180 Å². The molecule has 0 heterocycles. The monoisotopic (exact) mass is 632 g/mol. The van der Waals surface area contributed by atoms with E-state index in [1.54, 1.807) is 0 Å². The first-order valence-electron chi connectivity index (χ1n) is 20.8. The SMILES string of the molecule is CCCCCCCC/C=C\CCCCCCCC(CC)C(N)(C(C)O)C(CC)CCCCCCC/C=C\CCCCCCCC. The lowest BCUT2D eigenvalue weighted by molar-refractivity contribution is 0.00595. The summed E-state index contributed by atoms with van der Waals surface area (Å²) in [5, 5.41) is 11.0. The summed E-state index contributed by atoms with van der Waals surface area (Å²) in [6.07, 6.45) is 48.6. The summed E-state index contributed by atoms with van der Waals surface area (Å²) in [7, 11) is 0. The van der Waals surface area contributed by atoms with Crippen molar-refractivity contribution < 1.29 is 5.11 Å². The molecule has 3 atom stereocenters. The third-order valence-electron chi connectivity index (χ3n) is 10.8. The molecule has 0 saturated heterocycles. The summed E-state index contributed by atoms with van der Waals surface area (Å²) >= 11 is 0. The molecule has 0 spiro atoms. The van der Waals surface area contributed by atoms with Gasteiger partial charge in [-0.25, -0.2) is 0 Å². The summed E-state index contributed by atoms with van der Waals surface area (Å²) in [6, 6.07) is 0. The minimum absolute atomic E-state index is 0.412. The van der Waals surface area contributed by atoms with E-state index >= 15 is 0 Å². The van der Waals surface area contributed by atoms with Crippen LogP contribution in [-0.2, 0) is 0 Å². The van der Waals surface area contributed by atoms with Crippen LogP contribution >= 0.6 is 0 Å². The third-order valence-corrected chi connectivity index (χ3v) is 10.8. The largest absolute Gasteiger partial charge is 0.391 e. The number of nitrogens with two attached hydrogens (primary N) is 1. The quantitative estimate of drug-likeness (QED) is 0.0540. The highest BCUT2D eigenvalue weighted by Gasteiger charge is 2.43. The van der Waals surface area contributed by atoms with Crippen LogP contribution < -0.4 is 5.73 Å². The van der Waals surface area contributed by atoms with Crippen LogP contribution in [0.2, 0.25) is 0 Å². The maximum absolute atomic E-state index is 11.0. The van der Waals surface area contributed by atoms with Gasteiger partial charge in [-0.05, 0) is 83.0 Å². The molecule has 0 aliphatic carbocycles. The summed E-state index contributed by atoms with van der Waals surface area (Å²) in [4.78, 5) is 0. The van der Waals surface area contributed by atoms with Crippen molar-refractivity contribution in [2.45, 2.75) is 239 Å². The Labute approximate surface area is 285 Å². The van der Waals surface area contributed by atoms with Crippen LogP contribution in [0.15, 0.2) is 24.3 Å². The van der Waals surface area contributed by atoms with E-state index in [0.29, 0.717) is 11.8 Å². The fraction of sp³-hybridized carbons (Fsp3) is 0.907. The molecule has 45 heavy (non-hydrogen) atoms. The van der Waals surface area contributed by atoms with Crippen molar-refractivity contribution in [3.05, 3.63) is 24.3 Å². The lowest BCUT2D eigenvalue weighted by atomic mass is 9.66. The Bertz CT molecular complexity index is 590. The second-order valence-corrected chi connectivity index (χ2v) is 14.6. The van der Waals surface area contributed by atoms with Crippen molar-refractivity contribution in [2.24, 2.45) is 17.6 Å². The van der Waals surface area contributed by atoms with Gasteiger partial charge in [0, 0.05) is 5.54 Å². The Morgan fingerprint density at radius 3 is 0.978 bits per heavy atom. The first kappa shape index (κ1) is 44.4. The highest BCUT2D eigenvalue weighted by atomic mass is 16.3. The first-order chi connectivity index (χ1) is 22.0. The van der Waals surface area contributed by atoms with Gasteiger partial charge in [0.25, 0.3) is 0 Å². The molecule has 0 aliphatic heterocycles. The molecule has 3 unspecified atom stereocenters. The van der Waals surface area contributed by atoms with Crippen LogP contribution in [0.4, 0.5) is 0 Å². The van der Waals surface area contributed by atoms with Crippen LogP contribution in [-0.4, -0.2) is 16.7 Å². The minimum Gasteiger partial charge on any atom is -0.391 e. The van der Waals surface area contributed by atoms with E-state index in [1.165, 1.54) is 180 Å². The van der Waals surface area contributed by atoms with E-state index in [9.17, 15) is 5.11 Å². The lowest BCUT2D eigenvalue weighted by Crippen LogP contribution is -2.60. The minimum atomic E-state index is -0.453. The standard InChI is InChI=1S/C43H85NO/c1-6-10-12-14-16-18-20-22-24-26-28-30-32-34-36-38-41(8-3)43(44,40(5)45)42(9-4)39-37-35-33-31-29-27-25-23-21-19-17-15-13-11-7-2/h22-25,40-42,45H,6-21,26-39,44H2,1-5H3/b24-22-,25-23-. The van der Waals surface area contributed by atoms with Gasteiger partial charge in [0.2, 0.25) is 0 Å². The average Bonchev–Trinajstić information content (AvgIpc) is 3.04. The Morgan fingerprint density at radius 1 is 0.444 bits per heavy atom. The normalized spacial score (nSPS) is 15.6. The zero-order chi connectivity index (χ0) is 33.3. The van der Waals surface area contributed by atoms with E-state index in [0.717, 1.165) is 12.8 Å². The molecular formula is C43H85NO. The van der Waals surface area contributed by atoms with Gasteiger partial charge in [0.1, 0.15) is 0 Å². The second kappa shape index (κ2) is 33.3. The fourth-order valence-corrected chi connectivity index (χ4v) is 7.55. The summed E-state index contributed by atoms with van der Waals surface area (Å²) in [5.74, 6) is 0.825. The molecule has 0 aromatic carbocycles. The molecule has 0 bridgehead atoms. The molecule has 0 rings (SSSR count). The van der Waals surface area contributed by atoms with Crippen LogP contribution in [0.25, 0.3) is 0 Å². The molecule has 0 amide bonds. The van der Waals surface area contributed by atoms with Crippen molar-refractivity contribution in [3.63, 3.8) is 0 Å². The predicted molar refractivity (Wildman–Crippen MR) is 205 cm³/mol. The summed E-state index contributed by atoms with van der Waals surface area (Å²) < 4.78 is 0. The van der Waals surface area contributed by atoms with E-state index in [-0.39, 0.29) is 0 Å². The molecule has 2 heteroatoms. The zero-order valence-corrected chi connectivity index (χ0v) is 31.8. The van der Waals surface area contributed by atoms with Crippen molar-refractivity contribution >= 4 is 0 Å². The van der Waals surface area contributed by atoms with Gasteiger partial charge in [0.05, 0.1) is 6.10 Å². The number of hydrogen-bond acceptors (Lipinski definition) is 2. The van der Waals surface area contributed by atoms with E-state index in [2.05, 4.69) is 52.0 Å². The van der Waals surface area contributed by atoms with Crippen molar-refractivity contribution in [1.82, 2.24) is 0 Å². The molecule has 0 saturated carbocycles. The number of hydrogen-bond donors (Lipinski definition) is 2. The zero-order valence-electron chi connectivity index (χ0n) is 31.8. The van der Waals surface area contributed by atoms with Gasteiger partial charge < -0.3 is 10.8 Å². The second-order valence-electron chi connectivity index (χ2n) is 14.6. The number of aliphatic hydroxyl groups excluding tert-OH is 1. The molecular weight excluding hydrogens is 546 g/mol. The molecule has 0 aliphatic rings. The molecule has 0 aromatic rings. The van der Waals surface area contributed by atoms with Crippen molar-refractivity contribution in [3.8, 4) is 0 Å². The highest BCUT2D eigenvalue weighted by molar-refractivity contribution is 5.00. The number of aliphatic hydroxyl groups is 1. The molecule has 0 aromatic heterocycles. The molecule has 0 fully saturated rings. The third kappa shape index (κ3) is 24.2. The summed E-state index contributed by atoms with van der Waals surface area (Å²) in [5.41, 5.74) is 6.75. The Hall–Kier alpha value is -0.600. The van der Waals surface area contributed by atoms with Gasteiger partial charge in [0.15, 0.2) is 0 Å². The number of unbranched alkanes of at least 4 members (excludes halogenated alkanes) is 22. The maximum Gasteiger partial charge on any atom is 0.0696 e. The molecule has 0 radical (unpaired) electrons. The fourth-order valence-electron chi connectivity index (χ4n) is 7.55. The van der Waals surface area contributed by atoms with Crippen molar-refractivity contribution in [2.75, 3.05) is 0 Å². The maximum atomic E-state index is 11.0. The lowest BCUT2D eigenvalue weighted by Gasteiger charge is -2.46. The molecule has 268 valence electrons. The van der Waals surface area contributed by atoms with Gasteiger partial charge >= 0.3 is 0 Å². The first-order valence-corrected chi connectivity index (χ1v) is 20.8. The van der Waals surface area contributed by atoms with Crippen LogP contribution in [0.1, 0.15) is 227 Å². The smallest absolute Gasteiger partial charge is 0.0696 e. The topological polar surface area (TPSA) is 46.2 Å². The summed E-state index contributed by atoms with van der Waals surface area (Å²) in [6.45, 7) is 11.1. The van der Waals surface area contributed by atoms with E-state index in [1.807, 2.05) is 6.92 Å². The number of rotatable bonds is 35. The Kier molecular flexibility index (Phi) is 32.9. The van der Waals surface area contributed by atoms with E-state index < -0.39 is 11.6 Å². The highest BCUT2D eigenvalue weighted by Crippen LogP contribution is 2.38. The average molecular weight is 632 g/mol. The van der Waals surface area contributed by atoms with Gasteiger partial charge in [-0.15, -0.1) is 0 Å². The molecule has 2 nitrogen and oxygen atoms in total. The Morgan fingerprint density at radius 2 is 0.711 bits per heavy atom.